The van der Waals surface area contributed by atoms with Gasteiger partial charge in [-0.05, 0) is 67.9 Å². The quantitative estimate of drug-likeness (QED) is 0.587. The molecule has 0 spiro atoms. The maximum absolute atomic E-state index is 12.9. The molecule has 0 unspecified atom stereocenters. The van der Waals surface area contributed by atoms with Crippen LogP contribution in [-0.2, 0) is 14.8 Å². The molecule has 3 aromatic carbocycles. The molecule has 0 saturated heterocycles. The first-order valence-corrected chi connectivity index (χ1v) is 11.0. The lowest BCUT2D eigenvalue weighted by molar-refractivity contribution is -0.118. The predicted octanol–water partition coefficient (Wildman–Crippen LogP) is 4.23. The molecule has 7 heteroatoms. The Hall–Kier alpha value is -3.32. The lowest BCUT2D eigenvalue weighted by atomic mass is 10.2. The fourth-order valence-electron chi connectivity index (χ4n) is 2.99. The van der Waals surface area contributed by atoms with Crippen LogP contribution in [0.5, 0.6) is 5.75 Å². The van der Waals surface area contributed by atoms with Crippen LogP contribution in [0.15, 0.2) is 83.8 Å². The van der Waals surface area contributed by atoms with Crippen LogP contribution in [0.25, 0.3) is 0 Å². The van der Waals surface area contributed by atoms with E-state index >= 15 is 0 Å². The molecule has 0 aliphatic carbocycles. The Kier molecular flexibility index (Phi) is 6.74. The number of rotatable bonds is 8. The number of carbonyl (C=O) groups excluding carboxylic acids is 1. The van der Waals surface area contributed by atoms with Gasteiger partial charge < -0.3 is 10.1 Å². The molecule has 6 nitrogen and oxygen atoms in total. The molecule has 3 rings (SSSR count). The van der Waals surface area contributed by atoms with Gasteiger partial charge in [0.05, 0.1) is 10.6 Å². The van der Waals surface area contributed by atoms with E-state index in [0.717, 1.165) is 5.56 Å². The summed E-state index contributed by atoms with van der Waals surface area (Å²) < 4.78 is 32.7. The molecule has 3 aromatic rings. The van der Waals surface area contributed by atoms with Crippen molar-refractivity contribution in [3.8, 4) is 5.75 Å². The number of anilines is 2. The molecule has 0 aromatic heterocycles. The summed E-state index contributed by atoms with van der Waals surface area (Å²) in [4.78, 5) is 12.3. The number of amides is 1. The van der Waals surface area contributed by atoms with E-state index in [1.165, 1.54) is 4.31 Å². The van der Waals surface area contributed by atoms with E-state index in [4.69, 9.17) is 4.74 Å². The van der Waals surface area contributed by atoms with Crippen molar-refractivity contribution >= 4 is 27.3 Å². The van der Waals surface area contributed by atoms with E-state index in [9.17, 15) is 13.2 Å². The minimum Gasteiger partial charge on any atom is -0.484 e. The lowest BCUT2D eigenvalue weighted by Gasteiger charge is -2.23. The zero-order valence-corrected chi connectivity index (χ0v) is 17.7. The maximum atomic E-state index is 12.9. The van der Waals surface area contributed by atoms with Crippen molar-refractivity contribution < 1.29 is 17.9 Å². The van der Waals surface area contributed by atoms with E-state index in [2.05, 4.69) is 5.32 Å². The third kappa shape index (κ3) is 5.18. The van der Waals surface area contributed by atoms with Crippen LogP contribution < -0.4 is 14.4 Å². The monoisotopic (exact) mass is 424 g/mol. The van der Waals surface area contributed by atoms with Crippen molar-refractivity contribution in [3.05, 3.63) is 84.4 Å². The number of ether oxygens (including phenoxy) is 1. The first-order valence-electron chi connectivity index (χ1n) is 9.57. The summed E-state index contributed by atoms with van der Waals surface area (Å²) in [5.74, 6) is 0.206. The van der Waals surface area contributed by atoms with Gasteiger partial charge in [-0.2, -0.15) is 0 Å². The molecule has 0 atom stereocenters. The summed E-state index contributed by atoms with van der Waals surface area (Å²) in [6.45, 7) is 3.87. The molecule has 0 aliphatic rings. The number of benzene rings is 3. The molecule has 0 bridgehead atoms. The number of hydrogen-bond donors (Lipinski definition) is 1. The van der Waals surface area contributed by atoms with Gasteiger partial charge in [-0.3, -0.25) is 9.10 Å². The van der Waals surface area contributed by atoms with Crippen LogP contribution in [-0.4, -0.2) is 27.5 Å². The van der Waals surface area contributed by atoms with Gasteiger partial charge in [0.2, 0.25) is 0 Å². The highest BCUT2D eigenvalue weighted by atomic mass is 32.2. The van der Waals surface area contributed by atoms with Crippen molar-refractivity contribution in [1.29, 1.82) is 0 Å². The fourth-order valence-corrected chi connectivity index (χ4v) is 4.48. The van der Waals surface area contributed by atoms with Gasteiger partial charge in [0.1, 0.15) is 5.75 Å². The second-order valence-corrected chi connectivity index (χ2v) is 8.55. The topological polar surface area (TPSA) is 75.7 Å². The highest BCUT2D eigenvalue weighted by molar-refractivity contribution is 7.92. The Balaban J connectivity index is 1.64. The zero-order chi connectivity index (χ0) is 21.6. The SMILES string of the molecule is CCN(c1ccc(OCC(=O)Nc2cccc(C)c2)cc1)S(=O)(=O)c1ccccc1. The molecule has 0 fully saturated rings. The molecule has 1 N–H and O–H groups in total. The molecule has 0 radical (unpaired) electrons. The smallest absolute Gasteiger partial charge is 0.264 e. The molecule has 0 saturated carbocycles. The molecule has 0 aliphatic heterocycles. The Labute approximate surface area is 177 Å². The Morgan fingerprint density at radius 1 is 0.967 bits per heavy atom. The predicted molar refractivity (Wildman–Crippen MR) is 118 cm³/mol. The normalized spacial score (nSPS) is 11.0. The first kappa shape index (κ1) is 21.4. The van der Waals surface area contributed by atoms with Gasteiger partial charge in [0.15, 0.2) is 6.61 Å². The standard InChI is InChI=1S/C23H24N2O4S/c1-3-25(30(27,28)22-10-5-4-6-11-22)20-12-14-21(15-13-20)29-17-23(26)24-19-9-7-8-18(2)16-19/h4-16H,3,17H2,1-2H3,(H,24,26). The van der Waals surface area contributed by atoms with Crippen molar-refractivity contribution in [2.45, 2.75) is 18.7 Å². The Morgan fingerprint density at radius 3 is 2.30 bits per heavy atom. The highest BCUT2D eigenvalue weighted by Gasteiger charge is 2.23. The molecule has 156 valence electrons. The third-order valence-electron chi connectivity index (χ3n) is 4.41. The van der Waals surface area contributed by atoms with E-state index in [1.54, 1.807) is 61.5 Å². The van der Waals surface area contributed by atoms with Crippen LogP contribution in [0.4, 0.5) is 11.4 Å². The minimum absolute atomic E-state index is 0.146. The largest absolute Gasteiger partial charge is 0.484 e. The summed E-state index contributed by atoms with van der Waals surface area (Å²) in [7, 11) is -3.65. The van der Waals surface area contributed by atoms with Gasteiger partial charge in [-0.1, -0.05) is 30.3 Å². The molecule has 0 heterocycles. The minimum atomic E-state index is -3.65. The number of sulfonamides is 1. The molecule has 30 heavy (non-hydrogen) atoms. The fraction of sp³-hybridized carbons (Fsp3) is 0.174. The van der Waals surface area contributed by atoms with E-state index in [-0.39, 0.29) is 24.0 Å². The number of hydrogen-bond acceptors (Lipinski definition) is 4. The first-order chi connectivity index (χ1) is 14.4. The van der Waals surface area contributed by atoms with E-state index < -0.39 is 10.0 Å². The number of nitrogens with zero attached hydrogens (tertiary/aromatic N) is 1. The van der Waals surface area contributed by atoms with Crippen molar-refractivity contribution in [1.82, 2.24) is 0 Å². The second kappa shape index (κ2) is 9.45. The van der Waals surface area contributed by atoms with Gasteiger partial charge in [0, 0.05) is 12.2 Å². The van der Waals surface area contributed by atoms with Crippen LogP contribution in [0, 0.1) is 6.92 Å². The van der Waals surface area contributed by atoms with Crippen LogP contribution in [0.1, 0.15) is 12.5 Å². The van der Waals surface area contributed by atoms with Crippen LogP contribution in [0.3, 0.4) is 0 Å². The van der Waals surface area contributed by atoms with Gasteiger partial charge >= 0.3 is 0 Å². The van der Waals surface area contributed by atoms with Crippen molar-refractivity contribution in [3.63, 3.8) is 0 Å². The van der Waals surface area contributed by atoms with Crippen molar-refractivity contribution in [2.75, 3.05) is 22.8 Å². The summed E-state index contributed by atoms with van der Waals surface area (Å²) in [6.07, 6.45) is 0. The third-order valence-corrected chi connectivity index (χ3v) is 6.33. The summed E-state index contributed by atoms with van der Waals surface area (Å²) in [6, 6.07) is 22.4. The van der Waals surface area contributed by atoms with Gasteiger partial charge in [-0.15, -0.1) is 0 Å². The second-order valence-electron chi connectivity index (χ2n) is 6.68. The summed E-state index contributed by atoms with van der Waals surface area (Å²) in [5.41, 5.74) is 2.29. The zero-order valence-electron chi connectivity index (χ0n) is 16.9. The van der Waals surface area contributed by atoms with Crippen LogP contribution in [0.2, 0.25) is 0 Å². The van der Waals surface area contributed by atoms with Crippen LogP contribution >= 0.6 is 0 Å². The molecular weight excluding hydrogens is 400 g/mol. The summed E-state index contributed by atoms with van der Waals surface area (Å²) >= 11 is 0. The maximum Gasteiger partial charge on any atom is 0.264 e. The average molecular weight is 425 g/mol. The number of nitrogens with one attached hydrogen (secondary N) is 1. The molecule has 1 amide bonds. The lowest BCUT2D eigenvalue weighted by Crippen LogP contribution is -2.30. The highest BCUT2D eigenvalue weighted by Crippen LogP contribution is 2.25. The average Bonchev–Trinajstić information content (AvgIpc) is 2.74. The Bertz CT molecular complexity index is 1100. The van der Waals surface area contributed by atoms with Gasteiger partial charge in [0.25, 0.3) is 15.9 Å². The number of aryl methyl sites for hydroxylation is 1. The van der Waals surface area contributed by atoms with E-state index in [1.807, 2.05) is 31.2 Å². The van der Waals surface area contributed by atoms with Gasteiger partial charge in [-0.25, -0.2) is 8.42 Å². The summed E-state index contributed by atoms with van der Waals surface area (Å²) in [5, 5.41) is 2.78. The molecular formula is C23H24N2O4S. The Morgan fingerprint density at radius 2 is 1.67 bits per heavy atom. The van der Waals surface area contributed by atoms with E-state index in [0.29, 0.717) is 17.1 Å². The number of carbonyl (C=O) groups is 1. The van der Waals surface area contributed by atoms with Crippen molar-refractivity contribution in [2.24, 2.45) is 0 Å².